The van der Waals surface area contributed by atoms with Crippen LogP contribution < -0.4 is 0 Å². The van der Waals surface area contributed by atoms with Crippen molar-refractivity contribution in [2.24, 2.45) is 0 Å². The van der Waals surface area contributed by atoms with E-state index in [0.717, 1.165) is 5.82 Å². The van der Waals surface area contributed by atoms with Crippen molar-refractivity contribution < 1.29 is 17.7 Å². The minimum atomic E-state index is -5.09. The molecule has 5 heteroatoms. The van der Waals surface area contributed by atoms with Crippen LogP contribution in [0.3, 0.4) is 0 Å². The second-order valence-electron chi connectivity index (χ2n) is 0.981. The van der Waals surface area contributed by atoms with Crippen LogP contribution in [0.25, 0.3) is 0 Å². The van der Waals surface area contributed by atoms with Gasteiger partial charge in [0, 0.05) is 0 Å². The Bertz CT molecular complexity index is 139. The van der Waals surface area contributed by atoms with E-state index in [1.807, 2.05) is 0 Å². The van der Waals surface area contributed by atoms with Crippen LogP contribution in [0.5, 0.6) is 0 Å². The standard InChI is InChI=1S/C3HBF3O/c5-4(6,7)2-1-3-8/h3H/q-1. The van der Waals surface area contributed by atoms with Gasteiger partial charge in [-0.15, -0.1) is 0 Å². The summed E-state index contributed by atoms with van der Waals surface area (Å²) < 4.78 is 32.9. The summed E-state index contributed by atoms with van der Waals surface area (Å²) in [6, 6.07) is 0. The van der Waals surface area contributed by atoms with Gasteiger partial charge in [-0.2, -0.15) is 5.82 Å². The Morgan fingerprint density at radius 1 is 1.38 bits per heavy atom. The molecule has 0 amide bonds. The molecule has 0 unspecified atom stereocenters. The number of hydrogen-bond acceptors (Lipinski definition) is 1. The van der Waals surface area contributed by atoms with Crippen LogP contribution in [-0.2, 0) is 4.79 Å². The maximum atomic E-state index is 11.0. The first kappa shape index (κ1) is 7.08. The average Bonchev–Trinajstić information content (AvgIpc) is 1.59. The zero-order valence-corrected chi connectivity index (χ0v) is 3.70. The average molecular weight is 121 g/mol. The van der Waals surface area contributed by atoms with Crippen molar-refractivity contribution in [1.82, 2.24) is 0 Å². The van der Waals surface area contributed by atoms with Gasteiger partial charge in [0.25, 0.3) is 0 Å². The molecule has 0 rings (SSSR count). The molecule has 8 heavy (non-hydrogen) atoms. The molecule has 44 valence electrons. The molecule has 0 aliphatic rings. The second-order valence-corrected chi connectivity index (χ2v) is 0.981. The molecule has 0 aliphatic carbocycles. The lowest BCUT2D eigenvalue weighted by molar-refractivity contribution is -0.103. The minimum absolute atomic E-state index is 0.0881. The number of rotatable bonds is 0. The van der Waals surface area contributed by atoms with Gasteiger partial charge in [-0.1, -0.05) is 5.92 Å². The van der Waals surface area contributed by atoms with E-state index in [2.05, 4.69) is 0 Å². The SMILES string of the molecule is O=CC#C[B-](F)(F)F. The maximum absolute atomic E-state index is 11.0. The summed E-state index contributed by atoms with van der Waals surface area (Å²) in [6.45, 7) is -5.09. The summed E-state index contributed by atoms with van der Waals surface area (Å²) in [6.07, 6.45) is -0.0881. The van der Waals surface area contributed by atoms with E-state index < -0.39 is 6.98 Å². The third kappa shape index (κ3) is 5.08. The van der Waals surface area contributed by atoms with Crippen molar-refractivity contribution >= 4 is 13.3 Å². The maximum Gasteiger partial charge on any atom is 0.558 e. The third-order valence-electron chi connectivity index (χ3n) is 0.306. The van der Waals surface area contributed by atoms with Gasteiger partial charge >= 0.3 is 6.98 Å². The van der Waals surface area contributed by atoms with Crippen LogP contribution in [0.1, 0.15) is 0 Å². The molecule has 1 nitrogen and oxygen atoms in total. The molecule has 0 fully saturated rings. The number of halogens is 3. The molecule has 0 saturated carbocycles. The molecule has 0 aromatic carbocycles. The van der Waals surface area contributed by atoms with Crippen molar-refractivity contribution in [3.8, 4) is 11.7 Å². The van der Waals surface area contributed by atoms with Crippen molar-refractivity contribution in [3.05, 3.63) is 0 Å². The molecule has 0 atom stereocenters. The van der Waals surface area contributed by atoms with Crippen molar-refractivity contribution in [2.45, 2.75) is 0 Å². The van der Waals surface area contributed by atoms with Crippen LogP contribution in [0.15, 0.2) is 0 Å². The molecule has 0 radical (unpaired) electrons. The predicted molar refractivity (Wildman–Crippen MR) is 22.9 cm³/mol. The first-order chi connectivity index (χ1) is 3.56. The van der Waals surface area contributed by atoms with Crippen LogP contribution >= 0.6 is 0 Å². The summed E-state index contributed by atoms with van der Waals surface area (Å²) in [5, 5.41) is 0. The van der Waals surface area contributed by atoms with Crippen LogP contribution in [-0.4, -0.2) is 13.3 Å². The zero-order valence-electron chi connectivity index (χ0n) is 3.70. The lowest BCUT2D eigenvalue weighted by atomic mass is 9.94. The second kappa shape index (κ2) is 2.41. The summed E-state index contributed by atoms with van der Waals surface area (Å²) in [5.74, 6) is 2.08. The van der Waals surface area contributed by atoms with Gasteiger partial charge in [0.05, 0.1) is 0 Å². The molecule has 0 aliphatic heterocycles. The van der Waals surface area contributed by atoms with E-state index in [0.29, 0.717) is 0 Å². The summed E-state index contributed by atoms with van der Waals surface area (Å²) in [7, 11) is 0. The van der Waals surface area contributed by atoms with Gasteiger partial charge in [0.2, 0.25) is 0 Å². The van der Waals surface area contributed by atoms with Gasteiger partial charge in [0.1, 0.15) is 0 Å². The molecule has 0 aromatic heterocycles. The Kier molecular flexibility index (Phi) is 2.13. The van der Waals surface area contributed by atoms with Crippen molar-refractivity contribution in [1.29, 1.82) is 0 Å². The molecular weight excluding hydrogens is 120 g/mol. The fourth-order valence-electron chi connectivity index (χ4n) is 0.129. The van der Waals surface area contributed by atoms with Crippen LogP contribution in [0, 0.1) is 11.7 Å². The fourth-order valence-corrected chi connectivity index (χ4v) is 0.129. The summed E-state index contributed by atoms with van der Waals surface area (Å²) in [5.41, 5.74) is 0. The van der Waals surface area contributed by atoms with E-state index in [-0.39, 0.29) is 6.29 Å². The van der Waals surface area contributed by atoms with Crippen molar-refractivity contribution in [3.63, 3.8) is 0 Å². The van der Waals surface area contributed by atoms with Crippen LogP contribution in [0.2, 0.25) is 0 Å². The Labute approximate surface area is 43.9 Å². The van der Waals surface area contributed by atoms with E-state index >= 15 is 0 Å². The Balaban J connectivity index is 3.87. The molecule has 0 N–H and O–H groups in total. The van der Waals surface area contributed by atoms with E-state index in [9.17, 15) is 17.7 Å². The molecule has 0 bridgehead atoms. The molecule has 0 spiro atoms. The number of hydrogen-bond donors (Lipinski definition) is 0. The number of aldehydes is 1. The smallest absolute Gasteiger partial charge is 0.438 e. The van der Waals surface area contributed by atoms with Gasteiger partial charge in [-0.05, 0) is 0 Å². The molecular formula is C3HBF3O-. The Hall–Kier alpha value is -0.915. The quantitative estimate of drug-likeness (QED) is 0.260. The van der Waals surface area contributed by atoms with Crippen LogP contribution in [0.4, 0.5) is 12.9 Å². The first-order valence-corrected chi connectivity index (χ1v) is 1.72. The van der Waals surface area contributed by atoms with E-state index in [4.69, 9.17) is 0 Å². The van der Waals surface area contributed by atoms with Crippen molar-refractivity contribution in [2.75, 3.05) is 0 Å². The van der Waals surface area contributed by atoms with Gasteiger partial charge in [0.15, 0.2) is 6.29 Å². The highest BCUT2D eigenvalue weighted by molar-refractivity contribution is 6.67. The fraction of sp³-hybridized carbons (Fsp3) is 0. The zero-order chi connectivity index (χ0) is 6.62. The molecule has 0 heterocycles. The Morgan fingerprint density at radius 3 is 2.00 bits per heavy atom. The molecule has 0 aromatic rings. The minimum Gasteiger partial charge on any atom is -0.438 e. The highest BCUT2D eigenvalue weighted by Crippen LogP contribution is 2.03. The summed E-state index contributed by atoms with van der Waals surface area (Å²) in [4.78, 5) is 9.19. The topological polar surface area (TPSA) is 17.1 Å². The monoisotopic (exact) mass is 121 g/mol. The van der Waals surface area contributed by atoms with E-state index in [1.54, 1.807) is 0 Å². The number of carbonyl (C=O) groups is 1. The normalized spacial score (nSPS) is 9.38. The highest BCUT2D eigenvalue weighted by Gasteiger charge is 2.17. The summed E-state index contributed by atoms with van der Waals surface area (Å²) >= 11 is 0. The number of carbonyl (C=O) groups excluding carboxylic acids is 1. The lowest BCUT2D eigenvalue weighted by Gasteiger charge is -2.00. The molecule has 0 saturated heterocycles. The Morgan fingerprint density at radius 2 is 1.88 bits per heavy atom. The van der Waals surface area contributed by atoms with Gasteiger partial charge in [-0.3, -0.25) is 4.79 Å². The van der Waals surface area contributed by atoms with Gasteiger partial charge < -0.3 is 12.9 Å². The lowest BCUT2D eigenvalue weighted by Crippen LogP contribution is -2.10. The first-order valence-electron chi connectivity index (χ1n) is 1.72. The highest BCUT2D eigenvalue weighted by atomic mass is 19.4. The largest absolute Gasteiger partial charge is 0.558 e. The predicted octanol–water partition coefficient (Wildman–Crippen LogP) is 0.575. The van der Waals surface area contributed by atoms with Gasteiger partial charge in [-0.25, -0.2) is 0 Å². The third-order valence-corrected chi connectivity index (χ3v) is 0.306. The van der Waals surface area contributed by atoms with E-state index in [1.165, 1.54) is 5.92 Å².